The van der Waals surface area contributed by atoms with Crippen molar-refractivity contribution >= 4 is 33.0 Å². The maximum Gasteiger partial charge on any atom is 0.259 e. The second-order valence-electron chi connectivity index (χ2n) is 6.62. The van der Waals surface area contributed by atoms with Crippen molar-refractivity contribution < 1.29 is 23.4 Å². The highest BCUT2D eigenvalue weighted by Gasteiger charge is 2.36. The van der Waals surface area contributed by atoms with Crippen LogP contribution >= 0.6 is 11.6 Å². The van der Waals surface area contributed by atoms with Crippen LogP contribution in [0.3, 0.4) is 0 Å². The van der Waals surface area contributed by atoms with Gasteiger partial charge < -0.3 is 15.1 Å². The Bertz CT molecular complexity index is 1220. The molecule has 148 valence electrons. The minimum Gasteiger partial charge on any atom is -0.364 e. The van der Waals surface area contributed by atoms with Crippen LogP contribution in [0.2, 0.25) is 5.02 Å². The number of sulfone groups is 1. The zero-order valence-electron chi connectivity index (χ0n) is 15.0. The molecule has 3 aromatic carbocycles. The summed E-state index contributed by atoms with van der Waals surface area (Å²) in [5, 5.41) is 19.6. The summed E-state index contributed by atoms with van der Waals surface area (Å²) in [4.78, 5) is 14.5. The number of amides is 1. The van der Waals surface area contributed by atoms with Gasteiger partial charge in [0.2, 0.25) is 9.84 Å². The number of fused-ring (bicyclic) bond motifs is 2. The van der Waals surface area contributed by atoms with Crippen molar-refractivity contribution in [3.63, 3.8) is 0 Å². The maximum absolute atomic E-state index is 13.4. The number of aliphatic hydroxyl groups excluding tert-OH is 1. The summed E-state index contributed by atoms with van der Waals surface area (Å²) in [5.74, 6) is -0.507. The van der Waals surface area contributed by atoms with Gasteiger partial charge in [0.05, 0.1) is 27.6 Å². The van der Waals surface area contributed by atoms with Gasteiger partial charge in [0.1, 0.15) is 0 Å². The normalized spacial score (nSPS) is 15.0. The largest absolute Gasteiger partial charge is 0.364 e. The van der Waals surface area contributed by atoms with E-state index in [9.17, 15) is 23.4 Å². The van der Waals surface area contributed by atoms with E-state index < -0.39 is 22.0 Å². The van der Waals surface area contributed by atoms with Crippen LogP contribution in [0.25, 0.3) is 0 Å². The lowest BCUT2D eigenvalue weighted by atomic mass is 10.1. The van der Waals surface area contributed by atoms with Crippen molar-refractivity contribution in [1.29, 1.82) is 0 Å². The van der Waals surface area contributed by atoms with Gasteiger partial charge in [-0.1, -0.05) is 41.9 Å². The van der Waals surface area contributed by atoms with Crippen LogP contribution < -0.4 is 4.90 Å². The second kappa shape index (κ2) is 7.27. The molecule has 0 fully saturated rings. The van der Waals surface area contributed by atoms with Gasteiger partial charge >= 0.3 is 0 Å². The Balaban J connectivity index is 1.98. The molecule has 0 saturated carbocycles. The Morgan fingerprint density at radius 1 is 0.931 bits per heavy atom. The Hall–Kier alpha value is -2.71. The third-order valence-corrected chi connectivity index (χ3v) is 6.84. The third kappa shape index (κ3) is 3.42. The third-order valence-electron chi connectivity index (χ3n) is 4.74. The van der Waals surface area contributed by atoms with Gasteiger partial charge in [0.15, 0.2) is 6.29 Å². The summed E-state index contributed by atoms with van der Waals surface area (Å²) in [5.41, 5.74) is 0.908. The highest BCUT2D eigenvalue weighted by molar-refractivity contribution is 7.91. The fraction of sp³-hybridized carbons (Fsp3) is 0.0952. The van der Waals surface area contributed by atoms with E-state index >= 15 is 0 Å². The highest BCUT2D eigenvalue weighted by Crippen LogP contribution is 2.38. The number of carbonyl (C=O) groups excluding carboxylic acids is 1. The predicted molar refractivity (Wildman–Crippen MR) is 107 cm³/mol. The van der Waals surface area contributed by atoms with Gasteiger partial charge in [-0.3, -0.25) is 4.79 Å². The van der Waals surface area contributed by atoms with E-state index in [1.54, 1.807) is 36.4 Å². The van der Waals surface area contributed by atoms with Crippen molar-refractivity contribution in [1.82, 2.24) is 0 Å². The fourth-order valence-corrected chi connectivity index (χ4v) is 5.20. The average molecular weight is 430 g/mol. The van der Waals surface area contributed by atoms with Crippen LogP contribution in [0.5, 0.6) is 0 Å². The van der Waals surface area contributed by atoms with E-state index in [0.29, 0.717) is 10.6 Å². The summed E-state index contributed by atoms with van der Waals surface area (Å²) < 4.78 is 26.5. The number of anilines is 1. The van der Waals surface area contributed by atoms with Crippen molar-refractivity contribution in [2.24, 2.45) is 0 Å². The van der Waals surface area contributed by atoms with E-state index in [-0.39, 0.29) is 33.2 Å². The standard InChI is InChI=1S/C21H16ClNO5S/c22-15-5-3-4-13(10-15)12-23-17-11-14(21(25)26)8-9-19(17)29(27,28)18-7-2-1-6-16(18)20(23)24/h1-11,21,25-26H,12H2. The van der Waals surface area contributed by atoms with Crippen LogP contribution in [-0.2, 0) is 16.4 Å². The number of rotatable bonds is 3. The molecular weight excluding hydrogens is 414 g/mol. The van der Waals surface area contributed by atoms with E-state index in [1.165, 1.54) is 35.2 Å². The number of halogens is 1. The fourth-order valence-electron chi connectivity index (χ4n) is 3.36. The Labute approximate surface area is 172 Å². The number of carbonyl (C=O) groups is 1. The lowest BCUT2D eigenvalue weighted by molar-refractivity contribution is -0.0425. The summed E-state index contributed by atoms with van der Waals surface area (Å²) in [6.45, 7) is 0.0568. The molecule has 2 N–H and O–H groups in total. The Morgan fingerprint density at radius 3 is 2.41 bits per heavy atom. The molecule has 0 unspecified atom stereocenters. The molecule has 29 heavy (non-hydrogen) atoms. The van der Waals surface area contributed by atoms with Crippen LogP contribution in [0.1, 0.15) is 27.8 Å². The Morgan fingerprint density at radius 2 is 1.69 bits per heavy atom. The van der Waals surface area contributed by atoms with Gasteiger partial charge in [-0.25, -0.2) is 8.42 Å². The summed E-state index contributed by atoms with van der Waals surface area (Å²) in [7, 11) is -4.00. The van der Waals surface area contributed by atoms with Gasteiger partial charge in [-0.05, 0) is 42.0 Å². The van der Waals surface area contributed by atoms with E-state index in [4.69, 9.17) is 11.6 Å². The van der Waals surface area contributed by atoms with E-state index in [2.05, 4.69) is 0 Å². The minimum atomic E-state index is -4.00. The van der Waals surface area contributed by atoms with Crippen molar-refractivity contribution in [2.45, 2.75) is 22.6 Å². The quantitative estimate of drug-likeness (QED) is 0.623. The molecule has 1 heterocycles. The molecule has 8 heteroatoms. The number of hydrogen-bond acceptors (Lipinski definition) is 5. The molecule has 0 saturated heterocycles. The van der Waals surface area contributed by atoms with Gasteiger partial charge in [0.25, 0.3) is 5.91 Å². The molecule has 0 spiro atoms. The van der Waals surface area contributed by atoms with Gasteiger partial charge in [-0.15, -0.1) is 0 Å². The summed E-state index contributed by atoms with van der Waals surface area (Å²) in [6.07, 6.45) is -1.81. The topological polar surface area (TPSA) is 94.9 Å². The molecule has 3 aromatic rings. The number of hydrogen-bond donors (Lipinski definition) is 2. The van der Waals surface area contributed by atoms with Crippen LogP contribution in [0, 0.1) is 0 Å². The number of aliphatic hydroxyl groups is 2. The first-order valence-corrected chi connectivity index (χ1v) is 10.6. The Kier molecular flexibility index (Phi) is 4.92. The van der Waals surface area contributed by atoms with Crippen LogP contribution in [0.15, 0.2) is 76.5 Å². The first-order chi connectivity index (χ1) is 13.8. The molecule has 6 nitrogen and oxygen atoms in total. The molecular formula is C21H16ClNO5S. The van der Waals surface area contributed by atoms with Gasteiger partial charge in [-0.2, -0.15) is 0 Å². The zero-order valence-corrected chi connectivity index (χ0v) is 16.6. The SMILES string of the molecule is O=C1c2ccccc2S(=O)(=O)c2ccc(C(O)O)cc2N1Cc1cccc(Cl)c1. The molecule has 0 radical (unpaired) electrons. The molecule has 0 bridgehead atoms. The molecule has 0 aromatic heterocycles. The molecule has 0 atom stereocenters. The molecule has 1 aliphatic heterocycles. The first kappa shape index (κ1) is 19.6. The summed E-state index contributed by atoms with van der Waals surface area (Å²) in [6, 6.07) is 16.8. The summed E-state index contributed by atoms with van der Waals surface area (Å²) >= 11 is 6.06. The number of nitrogens with zero attached hydrogens (tertiary/aromatic N) is 1. The van der Waals surface area contributed by atoms with Crippen molar-refractivity contribution in [3.8, 4) is 0 Å². The second-order valence-corrected chi connectivity index (χ2v) is 8.94. The molecule has 1 amide bonds. The number of benzene rings is 3. The van der Waals surface area contributed by atoms with Gasteiger partial charge in [0, 0.05) is 10.6 Å². The maximum atomic E-state index is 13.4. The van der Waals surface area contributed by atoms with Crippen LogP contribution in [0.4, 0.5) is 5.69 Å². The molecule has 1 aliphatic rings. The van der Waals surface area contributed by atoms with E-state index in [0.717, 1.165) is 0 Å². The zero-order chi connectivity index (χ0) is 20.8. The monoisotopic (exact) mass is 429 g/mol. The first-order valence-electron chi connectivity index (χ1n) is 8.69. The average Bonchev–Trinajstić information content (AvgIpc) is 2.76. The highest BCUT2D eigenvalue weighted by atomic mass is 35.5. The van der Waals surface area contributed by atoms with Crippen molar-refractivity contribution in [2.75, 3.05) is 4.90 Å². The minimum absolute atomic E-state index is 0.0526. The molecule has 4 rings (SSSR count). The van der Waals surface area contributed by atoms with E-state index in [1.807, 2.05) is 0 Å². The molecule has 0 aliphatic carbocycles. The van der Waals surface area contributed by atoms with Crippen molar-refractivity contribution in [3.05, 3.63) is 88.4 Å². The van der Waals surface area contributed by atoms with Crippen LogP contribution in [-0.4, -0.2) is 24.5 Å². The lowest BCUT2D eigenvalue weighted by Gasteiger charge is -2.24. The lowest BCUT2D eigenvalue weighted by Crippen LogP contribution is -2.30. The predicted octanol–water partition coefficient (Wildman–Crippen LogP) is 3.32. The smallest absolute Gasteiger partial charge is 0.259 e.